The first-order valence-corrected chi connectivity index (χ1v) is 14.7. The van der Waals surface area contributed by atoms with Crippen molar-refractivity contribution < 1.29 is 23.1 Å². The first kappa shape index (κ1) is 28.5. The molecule has 1 N–H and O–H groups in total. The first-order chi connectivity index (χ1) is 16.9. The molecule has 196 valence electrons. The number of benzene rings is 2. The number of halogens is 2. The van der Waals surface area contributed by atoms with Crippen molar-refractivity contribution >= 4 is 44.9 Å². The zero-order valence-corrected chi connectivity index (χ0v) is 23.1. The molecule has 0 spiro atoms. The van der Waals surface area contributed by atoms with Gasteiger partial charge < -0.3 is 10.0 Å². The predicted octanol–water partition coefficient (Wildman–Crippen LogP) is 6.14. The standard InChI is InChI=1S/C27H33Cl2NO5S/c1-4-22(13-14-36(34,35)5-2)30-25(18-9-11-20(28)12-10-18)23(19-7-6-8-21(29)15-19)16-27(3,26(30)33)17-24(31)32/h6-12,15,22-23,25H,4-5,13-14,16-17H2,1-3H3,(H,31,32)/t22?,23-,25-,27-/m1/s1. The quantitative estimate of drug-likeness (QED) is 0.381. The van der Waals surface area contributed by atoms with Crippen LogP contribution in [0.1, 0.15) is 69.5 Å². The predicted molar refractivity (Wildman–Crippen MR) is 143 cm³/mol. The van der Waals surface area contributed by atoms with Gasteiger partial charge in [0.15, 0.2) is 0 Å². The number of hydrogen-bond donors (Lipinski definition) is 1. The smallest absolute Gasteiger partial charge is 0.304 e. The second kappa shape index (κ2) is 11.5. The number of sulfone groups is 1. The molecule has 9 heteroatoms. The molecule has 0 bridgehead atoms. The number of nitrogens with zero attached hydrogens (tertiary/aromatic N) is 1. The summed E-state index contributed by atoms with van der Waals surface area (Å²) < 4.78 is 24.7. The lowest BCUT2D eigenvalue weighted by Gasteiger charge is -2.52. The van der Waals surface area contributed by atoms with E-state index in [-0.39, 0.29) is 36.2 Å². The highest BCUT2D eigenvalue weighted by Crippen LogP contribution is 2.52. The Kier molecular flexibility index (Phi) is 9.12. The van der Waals surface area contributed by atoms with Gasteiger partial charge in [-0.2, -0.15) is 0 Å². The number of aliphatic carboxylic acids is 1. The van der Waals surface area contributed by atoms with E-state index in [1.807, 2.05) is 37.3 Å². The first-order valence-electron chi connectivity index (χ1n) is 12.2. The van der Waals surface area contributed by atoms with Crippen LogP contribution in [-0.4, -0.2) is 47.8 Å². The summed E-state index contributed by atoms with van der Waals surface area (Å²) in [6.45, 7) is 5.23. The molecule has 36 heavy (non-hydrogen) atoms. The molecule has 1 amide bonds. The van der Waals surface area contributed by atoms with Crippen LogP contribution >= 0.6 is 23.2 Å². The fraction of sp³-hybridized carbons (Fsp3) is 0.481. The lowest BCUT2D eigenvalue weighted by molar-refractivity contribution is -0.160. The monoisotopic (exact) mass is 553 g/mol. The van der Waals surface area contributed by atoms with Crippen LogP contribution in [0.15, 0.2) is 48.5 Å². The van der Waals surface area contributed by atoms with Crippen molar-refractivity contribution in [3.05, 3.63) is 69.7 Å². The van der Waals surface area contributed by atoms with E-state index in [0.29, 0.717) is 22.9 Å². The maximum absolute atomic E-state index is 14.1. The van der Waals surface area contributed by atoms with Gasteiger partial charge in [0.2, 0.25) is 5.91 Å². The van der Waals surface area contributed by atoms with Crippen LogP contribution in [0.4, 0.5) is 0 Å². The number of amides is 1. The van der Waals surface area contributed by atoms with E-state index in [9.17, 15) is 23.1 Å². The van der Waals surface area contributed by atoms with Crippen LogP contribution in [-0.2, 0) is 19.4 Å². The molecule has 4 atom stereocenters. The highest BCUT2D eigenvalue weighted by atomic mass is 35.5. The van der Waals surface area contributed by atoms with Crippen molar-refractivity contribution in [3.8, 4) is 0 Å². The number of piperidine rings is 1. The van der Waals surface area contributed by atoms with Crippen molar-refractivity contribution in [2.24, 2.45) is 5.41 Å². The minimum Gasteiger partial charge on any atom is -0.481 e. The molecule has 6 nitrogen and oxygen atoms in total. The molecule has 0 aliphatic carbocycles. The van der Waals surface area contributed by atoms with E-state index in [0.717, 1.165) is 11.1 Å². The van der Waals surface area contributed by atoms with Gasteiger partial charge in [-0.05, 0) is 54.7 Å². The summed E-state index contributed by atoms with van der Waals surface area (Å²) in [5.41, 5.74) is 0.582. The molecule has 1 saturated heterocycles. The Labute approximate surface area is 223 Å². The molecule has 2 aromatic carbocycles. The SMILES string of the molecule is CCC(CCS(=O)(=O)CC)N1C(=O)[C@@](C)(CC(=O)O)C[C@H](c2cccc(Cl)c2)[C@H]1c1ccc(Cl)cc1. The number of carbonyl (C=O) groups is 2. The van der Waals surface area contributed by atoms with Gasteiger partial charge in [-0.25, -0.2) is 8.42 Å². The number of carboxylic acids is 1. The molecule has 1 heterocycles. The van der Waals surface area contributed by atoms with Gasteiger partial charge in [-0.1, -0.05) is 68.2 Å². The van der Waals surface area contributed by atoms with E-state index in [2.05, 4.69) is 0 Å². The zero-order valence-electron chi connectivity index (χ0n) is 20.8. The third kappa shape index (κ3) is 6.42. The average molecular weight is 555 g/mol. The number of carboxylic acid groups (broad SMARTS) is 1. The van der Waals surface area contributed by atoms with Gasteiger partial charge in [0.1, 0.15) is 9.84 Å². The van der Waals surface area contributed by atoms with Crippen molar-refractivity contribution in [2.45, 2.75) is 64.5 Å². The highest BCUT2D eigenvalue weighted by molar-refractivity contribution is 7.91. The summed E-state index contributed by atoms with van der Waals surface area (Å²) in [4.78, 5) is 27.7. The van der Waals surface area contributed by atoms with Gasteiger partial charge in [0.05, 0.1) is 23.6 Å². The topological polar surface area (TPSA) is 91.8 Å². The Hall–Kier alpha value is -2.09. The summed E-state index contributed by atoms with van der Waals surface area (Å²) in [6.07, 6.45) is 0.788. The van der Waals surface area contributed by atoms with Crippen LogP contribution in [0.3, 0.4) is 0 Å². The zero-order chi connectivity index (χ0) is 26.7. The molecule has 1 aliphatic heterocycles. The van der Waals surface area contributed by atoms with Gasteiger partial charge in [0.25, 0.3) is 0 Å². The lowest BCUT2D eigenvalue weighted by atomic mass is 9.67. The van der Waals surface area contributed by atoms with Crippen LogP contribution in [0.2, 0.25) is 10.0 Å². The molecule has 0 radical (unpaired) electrons. The largest absolute Gasteiger partial charge is 0.481 e. The van der Waals surface area contributed by atoms with Crippen molar-refractivity contribution in [2.75, 3.05) is 11.5 Å². The van der Waals surface area contributed by atoms with Gasteiger partial charge >= 0.3 is 5.97 Å². The normalized spacial score (nSPS) is 23.5. The molecule has 1 fully saturated rings. The molecule has 0 saturated carbocycles. The summed E-state index contributed by atoms with van der Waals surface area (Å²) in [5.74, 6) is -1.61. The summed E-state index contributed by atoms with van der Waals surface area (Å²) in [7, 11) is -3.25. The van der Waals surface area contributed by atoms with Crippen LogP contribution in [0, 0.1) is 5.41 Å². The summed E-state index contributed by atoms with van der Waals surface area (Å²) in [5, 5.41) is 10.8. The van der Waals surface area contributed by atoms with E-state index in [4.69, 9.17) is 23.2 Å². The van der Waals surface area contributed by atoms with Crippen LogP contribution in [0.25, 0.3) is 0 Å². The second-order valence-electron chi connectivity index (χ2n) is 9.79. The van der Waals surface area contributed by atoms with E-state index in [1.54, 1.807) is 36.9 Å². The fourth-order valence-corrected chi connectivity index (χ4v) is 6.53. The molecule has 2 aromatic rings. The fourth-order valence-electron chi connectivity index (χ4n) is 5.28. The van der Waals surface area contributed by atoms with Crippen molar-refractivity contribution in [3.63, 3.8) is 0 Å². The molecular formula is C27H33Cl2NO5S. The number of rotatable bonds is 10. The second-order valence-corrected chi connectivity index (χ2v) is 13.1. The molecule has 1 unspecified atom stereocenters. The molecule has 3 rings (SSSR count). The lowest BCUT2D eigenvalue weighted by Crippen LogP contribution is -2.56. The minimum absolute atomic E-state index is 0.0276. The Morgan fingerprint density at radius 1 is 1.11 bits per heavy atom. The van der Waals surface area contributed by atoms with Crippen molar-refractivity contribution in [1.29, 1.82) is 0 Å². The molecule has 0 aromatic heterocycles. The van der Waals surface area contributed by atoms with Gasteiger partial charge in [-0.3, -0.25) is 9.59 Å². The van der Waals surface area contributed by atoms with E-state index >= 15 is 0 Å². The van der Waals surface area contributed by atoms with Crippen molar-refractivity contribution in [1.82, 2.24) is 4.90 Å². The average Bonchev–Trinajstić information content (AvgIpc) is 2.82. The van der Waals surface area contributed by atoms with Crippen LogP contribution in [0.5, 0.6) is 0 Å². The Morgan fingerprint density at radius 2 is 1.78 bits per heavy atom. The van der Waals surface area contributed by atoms with Crippen LogP contribution < -0.4 is 0 Å². The highest BCUT2D eigenvalue weighted by Gasteiger charge is 2.52. The number of hydrogen-bond acceptors (Lipinski definition) is 4. The number of carbonyl (C=O) groups excluding carboxylic acids is 1. The molecular weight excluding hydrogens is 521 g/mol. The third-order valence-corrected chi connectivity index (χ3v) is 9.42. The van der Waals surface area contributed by atoms with E-state index < -0.39 is 33.3 Å². The Balaban J connectivity index is 2.20. The number of likely N-dealkylation sites (tertiary alicyclic amines) is 1. The summed E-state index contributed by atoms with van der Waals surface area (Å²) >= 11 is 12.5. The summed E-state index contributed by atoms with van der Waals surface area (Å²) in [6, 6.07) is 13.9. The van der Waals surface area contributed by atoms with Gasteiger partial charge in [0, 0.05) is 27.8 Å². The van der Waals surface area contributed by atoms with E-state index in [1.165, 1.54) is 0 Å². The third-order valence-electron chi connectivity index (χ3n) is 7.20. The Bertz CT molecular complexity index is 1200. The Morgan fingerprint density at radius 3 is 2.33 bits per heavy atom. The maximum Gasteiger partial charge on any atom is 0.304 e. The molecule has 1 aliphatic rings. The van der Waals surface area contributed by atoms with Gasteiger partial charge in [-0.15, -0.1) is 0 Å². The maximum atomic E-state index is 14.1. The minimum atomic E-state index is -3.25.